The maximum atomic E-state index is 12.2. The van der Waals surface area contributed by atoms with Gasteiger partial charge in [-0.15, -0.1) is 0 Å². The number of imide groups is 1. The molecule has 1 aromatic rings. The fourth-order valence-corrected chi connectivity index (χ4v) is 2.31. The summed E-state index contributed by atoms with van der Waals surface area (Å²) < 4.78 is 9.32. The van der Waals surface area contributed by atoms with Gasteiger partial charge in [0.15, 0.2) is 0 Å². The van der Waals surface area contributed by atoms with E-state index in [1.54, 1.807) is 0 Å². The number of rotatable bonds is 6. The van der Waals surface area contributed by atoms with Crippen molar-refractivity contribution in [1.29, 1.82) is 0 Å². The predicted octanol–water partition coefficient (Wildman–Crippen LogP) is -0.0833. The second-order valence-electron chi connectivity index (χ2n) is 4.91. The highest BCUT2D eigenvalue weighted by Gasteiger charge is 2.32. The summed E-state index contributed by atoms with van der Waals surface area (Å²) in [6, 6.07) is 4.30. The summed E-state index contributed by atoms with van der Waals surface area (Å²) in [6.07, 6.45) is 1.05. The van der Waals surface area contributed by atoms with Crippen LogP contribution < -0.4 is 5.32 Å². The number of nitrogens with one attached hydrogen (secondary N) is 1. The van der Waals surface area contributed by atoms with Gasteiger partial charge < -0.3 is 19.9 Å². The van der Waals surface area contributed by atoms with Gasteiger partial charge in [-0.05, 0) is 12.1 Å². The van der Waals surface area contributed by atoms with E-state index in [1.807, 2.05) is 0 Å². The minimum Gasteiger partial charge on any atom is -0.465 e. The number of methoxy groups -OCH3 is 2. The maximum absolute atomic E-state index is 12.2. The van der Waals surface area contributed by atoms with Crippen molar-refractivity contribution in [2.24, 2.45) is 0 Å². The van der Waals surface area contributed by atoms with Crippen molar-refractivity contribution in [2.75, 3.05) is 32.7 Å². The Hall–Kier alpha value is -3.20. The molecule has 1 heterocycles. The molecule has 0 unspecified atom stereocenters. The molecule has 0 aromatic heterocycles. The lowest BCUT2D eigenvalue weighted by molar-refractivity contribution is -0.137. The number of amides is 2. The zero-order chi connectivity index (χ0) is 18.6. The van der Waals surface area contributed by atoms with E-state index in [0.29, 0.717) is 0 Å². The number of esters is 2. The van der Waals surface area contributed by atoms with Gasteiger partial charge in [0.05, 0.1) is 44.2 Å². The summed E-state index contributed by atoms with van der Waals surface area (Å²) in [4.78, 5) is 48.8. The van der Waals surface area contributed by atoms with Crippen molar-refractivity contribution in [3.05, 3.63) is 41.1 Å². The zero-order valence-corrected chi connectivity index (χ0v) is 13.6. The van der Waals surface area contributed by atoms with E-state index in [1.165, 1.54) is 18.2 Å². The lowest BCUT2D eigenvalue weighted by Crippen LogP contribution is -2.34. The van der Waals surface area contributed by atoms with Crippen molar-refractivity contribution >= 4 is 29.4 Å². The molecular formula is C16H16N2O7. The molecule has 1 aliphatic rings. The summed E-state index contributed by atoms with van der Waals surface area (Å²) >= 11 is 0. The number of anilines is 1. The molecule has 0 spiro atoms. The summed E-state index contributed by atoms with van der Waals surface area (Å²) in [5.41, 5.74) is -0.166. The third kappa shape index (κ3) is 3.50. The fourth-order valence-electron chi connectivity index (χ4n) is 2.31. The number of benzene rings is 1. The predicted molar refractivity (Wildman–Crippen MR) is 84.6 cm³/mol. The molecule has 1 aromatic carbocycles. The molecule has 0 radical (unpaired) electrons. The van der Waals surface area contributed by atoms with Crippen LogP contribution in [0.15, 0.2) is 30.0 Å². The van der Waals surface area contributed by atoms with E-state index in [4.69, 9.17) is 5.11 Å². The number of hydrogen-bond acceptors (Lipinski definition) is 8. The molecule has 9 heteroatoms. The number of ether oxygens (including phenoxy) is 2. The van der Waals surface area contributed by atoms with Gasteiger partial charge in [-0.1, -0.05) is 6.07 Å². The number of carbonyl (C=O) groups is 4. The molecular weight excluding hydrogens is 332 g/mol. The fraction of sp³-hybridized carbons (Fsp3) is 0.250. The molecule has 1 aliphatic heterocycles. The van der Waals surface area contributed by atoms with Crippen LogP contribution in [0.5, 0.6) is 0 Å². The van der Waals surface area contributed by atoms with Gasteiger partial charge in [0.2, 0.25) is 0 Å². The Morgan fingerprint density at radius 2 is 1.84 bits per heavy atom. The average molecular weight is 348 g/mol. The highest BCUT2D eigenvalue weighted by Crippen LogP contribution is 2.25. The van der Waals surface area contributed by atoms with Crippen molar-refractivity contribution in [2.45, 2.75) is 0 Å². The van der Waals surface area contributed by atoms with E-state index in [2.05, 4.69) is 14.8 Å². The van der Waals surface area contributed by atoms with Gasteiger partial charge in [-0.2, -0.15) is 0 Å². The van der Waals surface area contributed by atoms with Crippen LogP contribution in [-0.2, 0) is 19.1 Å². The van der Waals surface area contributed by atoms with Crippen LogP contribution in [0.4, 0.5) is 5.69 Å². The SMILES string of the molecule is COC(=O)c1cccc(NC2=CC(=O)N(CCO)C2=O)c1C(=O)OC. The van der Waals surface area contributed by atoms with Gasteiger partial charge in [-0.25, -0.2) is 9.59 Å². The van der Waals surface area contributed by atoms with Crippen LogP contribution in [0.3, 0.4) is 0 Å². The average Bonchev–Trinajstić information content (AvgIpc) is 2.88. The summed E-state index contributed by atoms with van der Waals surface area (Å²) in [7, 11) is 2.31. The first-order valence-corrected chi connectivity index (χ1v) is 7.19. The lowest BCUT2D eigenvalue weighted by atomic mass is 10.0. The molecule has 25 heavy (non-hydrogen) atoms. The molecule has 0 aliphatic carbocycles. The topological polar surface area (TPSA) is 122 Å². The Balaban J connectivity index is 2.42. The molecule has 0 fully saturated rings. The van der Waals surface area contributed by atoms with Crippen molar-refractivity contribution in [3.8, 4) is 0 Å². The monoisotopic (exact) mass is 348 g/mol. The number of aliphatic hydroxyl groups is 1. The van der Waals surface area contributed by atoms with E-state index >= 15 is 0 Å². The van der Waals surface area contributed by atoms with Crippen molar-refractivity contribution in [1.82, 2.24) is 4.90 Å². The standard InChI is InChI=1S/C16H16N2O7/c1-24-15(22)9-4-3-5-10(13(9)16(23)25-2)17-11-8-12(20)18(6-7-19)14(11)21/h3-5,8,17,19H,6-7H2,1-2H3. The minimum absolute atomic E-state index is 0.0519. The largest absolute Gasteiger partial charge is 0.465 e. The highest BCUT2D eigenvalue weighted by molar-refractivity contribution is 6.18. The first-order valence-electron chi connectivity index (χ1n) is 7.19. The molecule has 2 amide bonds. The summed E-state index contributed by atoms with van der Waals surface area (Å²) in [5.74, 6) is -2.81. The molecule has 0 bridgehead atoms. The number of carbonyl (C=O) groups excluding carboxylic acids is 4. The van der Waals surface area contributed by atoms with Gasteiger partial charge in [0.1, 0.15) is 5.70 Å². The Morgan fingerprint density at radius 3 is 2.44 bits per heavy atom. The Labute approximate surface area is 142 Å². The van der Waals surface area contributed by atoms with Gasteiger partial charge in [-0.3, -0.25) is 14.5 Å². The molecule has 2 N–H and O–H groups in total. The Kier molecular flexibility index (Phi) is 5.50. The van der Waals surface area contributed by atoms with E-state index < -0.39 is 23.8 Å². The second kappa shape index (κ2) is 7.58. The minimum atomic E-state index is -0.812. The maximum Gasteiger partial charge on any atom is 0.340 e. The Bertz CT molecular complexity index is 770. The molecule has 0 atom stereocenters. The smallest absolute Gasteiger partial charge is 0.340 e. The van der Waals surface area contributed by atoms with E-state index in [9.17, 15) is 19.2 Å². The number of aliphatic hydroxyl groups excluding tert-OH is 1. The number of nitrogens with zero attached hydrogens (tertiary/aromatic N) is 1. The lowest BCUT2D eigenvalue weighted by Gasteiger charge is -2.15. The van der Waals surface area contributed by atoms with Gasteiger partial charge in [0.25, 0.3) is 11.8 Å². The van der Waals surface area contributed by atoms with Crippen LogP contribution >= 0.6 is 0 Å². The number of hydrogen-bond donors (Lipinski definition) is 2. The second-order valence-corrected chi connectivity index (χ2v) is 4.91. The summed E-state index contributed by atoms with van der Waals surface area (Å²) in [5, 5.41) is 11.6. The normalized spacial score (nSPS) is 13.6. The third-order valence-corrected chi connectivity index (χ3v) is 3.46. The van der Waals surface area contributed by atoms with E-state index in [-0.39, 0.29) is 35.7 Å². The zero-order valence-electron chi connectivity index (χ0n) is 13.6. The first kappa shape index (κ1) is 18.1. The molecule has 9 nitrogen and oxygen atoms in total. The summed E-state index contributed by atoms with van der Waals surface area (Å²) in [6.45, 7) is -0.519. The van der Waals surface area contributed by atoms with Crippen molar-refractivity contribution < 1.29 is 33.8 Å². The van der Waals surface area contributed by atoms with Gasteiger partial charge >= 0.3 is 11.9 Å². The Morgan fingerprint density at radius 1 is 1.16 bits per heavy atom. The third-order valence-electron chi connectivity index (χ3n) is 3.46. The highest BCUT2D eigenvalue weighted by atomic mass is 16.5. The van der Waals surface area contributed by atoms with Crippen LogP contribution in [0, 0.1) is 0 Å². The van der Waals surface area contributed by atoms with E-state index in [0.717, 1.165) is 25.2 Å². The first-order chi connectivity index (χ1) is 11.9. The van der Waals surface area contributed by atoms with Crippen LogP contribution in [0.1, 0.15) is 20.7 Å². The van der Waals surface area contributed by atoms with Crippen LogP contribution in [-0.4, -0.2) is 61.1 Å². The quantitative estimate of drug-likeness (QED) is 0.540. The van der Waals surface area contributed by atoms with Crippen molar-refractivity contribution in [3.63, 3.8) is 0 Å². The molecule has 132 valence electrons. The molecule has 2 rings (SSSR count). The molecule has 0 saturated heterocycles. The van der Waals surface area contributed by atoms with Crippen LogP contribution in [0.2, 0.25) is 0 Å². The molecule has 0 saturated carbocycles. The van der Waals surface area contributed by atoms with Crippen LogP contribution in [0.25, 0.3) is 0 Å². The number of β-amino-alcohol motifs (C(OH)–C–C–N with tert-alkyl or cyclic N) is 1. The van der Waals surface area contributed by atoms with Gasteiger partial charge in [0, 0.05) is 6.08 Å².